The second-order valence-corrected chi connectivity index (χ2v) is 4.77. The van der Waals surface area contributed by atoms with Gasteiger partial charge in [-0.2, -0.15) is 13.2 Å². The molecule has 0 saturated carbocycles. The molecular formula is C13H18Cl2F3N. The van der Waals surface area contributed by atoms with Crippen LogP contribution in [0, 0.1) is 0 Å². The fourth-order valence-corrected chi connectivity index (χ4v) is 2.04. The van der Waals surface area contributed by atoms with Gasteiger partial charge in [0.25, 0.3) is 0 Å². The van der Waals surface area contributed by atoms with Crippen molar-refractivity contribution in [3.05, 3.63) is 34.3 Å². The summed E-state index contributed by atoms with van der Waals surface area (Å²) in [6.07, 6.45) is -1.04. The Morgan fingerprint density at radius 1 is 1.26 bits per heavy atom. The maximum Gasteiger partial charge on any atom is 0.416 e. The van der Waals surface area contributed by atoms with Crippen molar-refractivity contribution in [2.24, 2.45) is 5.73 Å². The summed E-state index contributed by atoms with van der Waals surface area (Å²) in [6, 6.07) is 3.18. The van der Waals surface area contributed by atoms with Crippen LogP contribution in [0.3, 0.4) is 0 Å². The molecule has 19 heavy (non-hydrogen) atoms. The Morgan fingerprint density at radius 2 is 1.89 bits per heavy atom. The summed E-state index contributed by atoms with van der Waals surface area (Å²) in [5.74, 6) is 0. The van der Waals surface area contributed by atoms with Gasteiger partial charge >= 0.3 is 6.18 Å². The topological polar surface area (TPSA) is 26.0 Å². The van der Waals surface area contributed by atoms with Gasteiger partial charge < -0.3 is 5.73 Å². The largest absolute Gasteiger partial charge is 0.416 e. The van der Waals surface area contributed by atoms with Gasteiger partial charge in [0, 0.05) is 11.1 Å². The average Bonchev–Trinajstić information content (AvgIpc) is 2.28. The van der Waals surface area contributed by atoms with E-state index in [1.807, 2.05) is 6.92 Å². The van der Waals surface area contributed by atoms with Gasteiger partial charge in [-0.1, -0.05) is 43.9 Å². The standard InChI is InChI=1S/C13H17ClF3N.ClH/c1-2-3-4-5-12(18)10-7-6-9(14)8-11(10)13(15,16)17;/h6-8,12H,2-5,18H2,1H3;1H/t12-;/m1./s1. The minimum absolute atomic E-state index is 0. The van der Waals surface area contributed by atoms with Crippen LogP contribution in [0.25, 0.3) is 0 Å². The van der Waals surface area contributed by atoms with E-state index in [2.05, 4.69) is 0 Å². The lowest BCUT2D eigenvalue weighted by atomic mass is 9.96. The number of hydrogen-bond donors (Lipinski definition) is 1. The molecule has 1 nitrogen and oxygen atoms in total. The van der Waals surface area contributed by atoms with E-state index in [4.69, 9.17) is 17.3 Å². The number of benzene rings is 1. The SMILES string of the molecule is CCCCC[C@@H](N)c1ccc(Cl)cc1C(F)(F)F.Cl. The molecule has 0 heterocycles. The highest BCUT2D eigenvalue weighted by atomic mass is 35.5. The molecule has 0 saturated heterocycles. The fraction of sp³-hybridized carbons (Fsp3) is 0.538. The predicted molar refractivity (Wildman–Crippen MR) is 74.8 cm³/mol. The first-order valence-electron chi connectivity index (χ1n) is 5.98. The van der Waals surface area contributed by atoms with Gasteiger partial charge in [0.1, 0.15) is 0 Å². The smallest absolute Gasteiger partial charge is 0.324 e. The van der Waals surface area contributed by atoms with Gasteiger partial charge in [-0.05, 0) is 24.1 Å². The van der Waals surface area contributed by atoms with Crippen molar-refractivity contribution in [2.75, 3.05) is 0 Å². The van der Waals surface area contributed by atoms with E-state index < -0.39 is 17.8 Å². The van der Waals surface area contributed by atoms with Crippen molar-refractivity contribution >= 4 is 24.0 Å². The third-order valence-corrected chi connectivity index (χ3v) is 3.07. The van der Waals surface area contributed by atoms with Crippen LogP contribution in [-0.2, 0) is 6.18 Å². The highest BCUT2D eigenvalue weighted by molar-refractivity contribution is 6.30. The van der Waals surface area contributed by atoms with Gasteiger partial charge in [0.05, 0.1) is 5.56 Å². The molecule has 0 aliphatic carbocycles. The molecule has 1 rings (SSSR count). The number of unbranched alkanes of at least 4 members (excludes halogenated alkanes) is 2. The van der Waals surface area contributed by atoms with Crippen LogP contribution in [0.5, 0.6) is 0 Å². The second kappa shape index (κ2) is 7.98. The molecule has 110 valence electrons. The minimum atomic E-state index is -4.41. The Balaban J connectivity index is 0.00000324. The summed E-state index contributed by atoms with van der Waals surface area (Å²) in [7, 11) is 0. The summed E-state index contributed by atoms with van der Waals surface area (Å²) >= 11 is 5.61. The molecule has 1 aromatic carbocycles. The molecule has 0 aromatic heterocycles. The second-order valence-electron chi connectivity index (χ2n) is 4.33. The molecule has 0 aliphatic heterocycles. The summed E-state index contributed by atoms with van der Waals surface area (Å²) in [5, 5.41) is 0.0758. The summed E-state index contributed by atoms with van der Waals surface area (Å²) < 4.78 is 38.6. The quantitative estimate of drug-likeness (QED) is 0.727. The fourth-order valence-electron chi connectivity index (χ4n) is 1.87. The van der Waals surface area contributed by atoms with Crippen LogP contribution < -0.4 is 5.73 Å². The number of nitrogens with two attached hydrogens (primary N) is 1. The lowest BCUT2D eigenvalue weighted by Crippen LogP contribution is -2.17. The van der Waals surface area contributed by atoms with Crippen LogP contribution in [-0.4, -0.2) is 0 Å². The maximum atomic E-state index is 12.9. The first kappa shape index (κ1) is 18.6. The number of hydrogen-bond acceptors (Lipinski definition) is 1. The van der Waals surface area contributed by atoms with Gasteiger partial charge in [-0.15, -0.1) is 12.4 Å². The Bertz CT molecular complexity index is 394. The first-order chi connectivity index (χ1) is 8.36. The maximum absolute atomic E-state index is 12.9. The van der Waals surface area contributed by atoms with E-state index >= 15 is 0 Å². The lowest BCUT2D eigenvalue weighted by Gasteiger charge is -2.18. The minimum Gasteiger partial charge on any atom is -0.324 e. The van der Waals surface area contributed by atoms with E-state index in [-0.39, 0.29) is 23.0 Å². The molecular weight excluding hydrogens is 298 g/mol. The van der Waals surface area contributed by atoms with E-state index in [0.717, 1.165) is 25.3 Å². The van der Waals surface area contributed by atoms with Crippen LogP contribution in [0.15, 0.2) is 18.2 Å². The molecule has 0 aliphatic rings. The number of rotatable bonds is 5. The monoisotopic (exact) mass is 315 g/mol. The predicted octanol–water partition coefficient (Wildman–Crippen LogP) is 5.36. The Labute approximate surface area is 122 Å². The van der Waals surface area contributed by atoms with Gasteiger partial charge in [0.15, 0.2) is 0 Å². The zero-order valence-corrected chi connectivity index (χ0v) is 12.2. The van der Waals surface area contributed by atoms with E-state index in [0.29, 0.717) is 6.42 Å². The Kier molecular flexibility index (Phi) is 7.79. The number of alkyl halides is 3. The lowest BCUT2D eigenvalue weighted by molar-refractivity contribution is -0.138. The van der Waals surface area contributed by atoms with Crippen molar-refractivity contribution in [3.8, 4) is 0 Å². The molecule has 0 amide bonds. The first-order valence-corrected chi connectivity index (χ1v) is 6.36. The van der Waals surface area contributed by atoms with Crippen molar-refractivity contribution in [3.63, 3.8) is 0 Å². The van der Waals surface area contributed by atoms with Crippen molar-refractivity contribution in [2.45, 2.75) is 44.8 Å². The third-order valence-electron chi connectivity index (χ3n) is 2.84. The zero-order valence-electron chi connectivity index (χ0n) is 10.6. The van der Waals surface area contributed by atoms with Gasteiger partial charge in [0.2, 0.25) is 0 Å². The molecule has 1 atom stereocenters. The van der Waals surface area contributed by atoms with Crippen molar-refractivity contribution in [1.29, 1.82) is 0 Å². The van der Waals surface area contributed by atoms with Crippen LogP contribution in [0.2, 0.25) is 5.02 Å². The molecule has 0 unspecified atom stereocenters. The molecule has 0 fully saturated rings. The van der Waals surface area contributed by atoms with Crippen LogP contribution in [0.1, 0.15) is 49.8 Å². The Hall–Kier alpha value is -0.450. The zero-order chi connectivity index (χ0) is 13.8. The summed E-state index contributed by atoms with van der Waals surface area (Å²) in [4.78, 5) is 0. The molecule has 1 aromatic rings. The summed E-state index contributed by atoms with van der Waals surface area (Å²) in [6.45, 7) is 2.04. The van der Waals surface area contributed by atoms with E-state index in [9.17, 15) is 13.2 Å². The molecule has 2 N–H and O–H groups in total. The average molecular weight is 316 g/mol. The van der Waals surface area contributed by atoms with Crippen LogP contribution >= 0.6 is 24.0 Å². The normalized spacial score (nSPS) is 12.9. The highest BCUT2D eigenvalue weighted by Crippen LogP contribution is 2.36. The number of halogens is 5. The summed E-state index contributed by atoms with van der Waals surface area (Å²) in [5.41, 5.74) is 5.24. The third kappa shape index (κ3) is 5.59. The van der Waals surface area contributed by atoms with E-state index in [1.165, 1.54) is 12.1 Å². The van der Waals surface area contributed by atoms with E-state index in [1.54, 1.807) is 0 Å². The molecule has 0 spiro atoms. The van der Waals surface area contributed by atoms with Crippen molar-refractivity contribution in [1.82, 2.24) is 0 Å². The molecule has 0 bridgehead atoms. The Morgan fingerprint density at radius 3 is 2.42 bits per heavy atom. The highest BCUT2D eigenvalue weighted by Gasteiger charge is 2.34. The van der Waals surface area contributed by atoms with Crippen LogP contribution in [0.4, 0.5) is 13.2 Å². The van der Waals surface area contributed by atoms with Gasteiger partial charge in [-0.3, -0.25) is 0 Å². The van der Waals surface area contributed by atoms with Crippen molar-refractivity contribution < 1.29 is 13.2 Å². The van der Waals surface area contributed by atoms with Gasteiger partial charge in [-0.25, -0.2) is 0 Å². The molecule has 6 heteroatoms. The molecule has 0 radical (unpaired) electrons.